The number of hydrogen-bond donors (Lipinski definition) is 0. The van der Waals surface area contributed by atoms with Gasteiger partial charge in [0.25, 0.3) is 0 Å². The van der Waals surface area contributed by atoms with Gasteiger partial charge in [0.15, 0.2) is 0 Å². The van der Waals surface area contributed by atoms with Gasteiger partial charge >= 0.3 is 0 Å². The van der Waals surface area contributed by atoms with Gasteiger partial charge in [-0.3, -0.25) is 0 Å². The molecule has 0 amide bonds. The van der Waals surface area contributed by atoms with Crippen molar-refractivity contribution in [3.05, 3.63) is 11.6 Å². The molecule has 0 aromatic heterocycles. The molecule has 0 unspecified atom stereocenters. The molecule has 0 aromatic carbocycles. The van der Waals surface area contributed by atoms with Crippen molar-refractivity contribution in [2.75, 3.05) is 6.61 Å². The molecule has 1 radical (unpaired) electrons. The fourth-order valence-corrected chi connectivity index (χ4v) is 0.474. The van der Waals surface area contributed by atoms with Crippen LogP contribution in [0.1, 0.15) is 26.7 Å². The summed E-state index contributed by atoms with van der Waals surface area (Å²) < 4.78 is 0. The first-order chi connectivity index (χ1) is 3.77. The first kappa shape index (κ1) is 7.70. The zero-order chi connectivity index (χ0) is 6.41. The molecule has 0 aromatic rings. The number of rotatable bonds is 3. The Kier molecular flexibility index (Phi) is 4.67. The Morgan fingerprint density at radius 2 is 2.12 bits per heavy atom. The molecule has 0 aliphatic heterocycles. The van der Waals surface area contributed by atoms with Crippen LogP contribution in [0.15, 0.2) is 11.6 Å². The highest BCUT2D eigenvalue weighted by molar-refractivity contribution is 4.92. The van der Waals surface area contributed by atoms with Crippen molar-refractivity contribution in [3.63, 3.8) is 0 Å². The molecule has 1 nitrogen and oxygen atoms in total. The number of hydrogen-bond acceptors (Lipinski definition) is 0. The van der Waals surface area contributed by atoms with Gasteiger partial charge in [-0.15, -0.1) is 0 Å². The maximum Gasteiger partial charge on any atom is 0.0825 e. The molecule has 0 heterocycles. The highest BCUT2D eigenvalue weighted by Crippen LogP contribution is 1.94. The molecule has 8 heavy (non-hydrogen) atoms. The predicted octanol–water partition coefficient (Wildman–Crippen LogP) is 2.16. The van der Waals surface area contributed by atoms with E-state index in [4.69, 9.17) is 0 Å². The Balaban J connectivity index is 3.03. The van der Waals surface area contributed by atoms with Crippen molar-refractivity contribution < 1.29 is 5.11 Å². The smallest absolute Gasteiger partial charge is 0.0825 e. The van der Waals surface area contributed by atoms with Gasteiger partial charge in [0, 0.05) is 0 Å². The molecule has 0 aliphatic carbocycles. The Morgan fingerprint density at radius 3 is 2.50 bits per heavy atom. The summed E-state index contributed by atoms with van der Waals surface area (Å²) in [6, 6.07) is 0. The monoisotopic (exact) mass is 113 g/mol. The van der Waals surface area contributed by atoms with Crippen LogP contribution in [0.3, 0.4) is 0 Å². The van der Waals surface area contributed by atoms with Gasteiger partial charge in [0.1, 0.15) is 0 Å². The minimum atomic E-state index is 0.0593. The van der Waals surface area contributed by atoms with Gasteiger partial charge in [-0.05, 0) is 26.7 Å². The summed E-state index contributed by atoms with van der Waals surface area (Å²) in [5, 5.41) is 9.88. The molecule has 0 spiro atoms. The minimum absolute atomic E-state index is 0.0593. The van der Waals surface area contributed by atoms with Crippen LogP contribution >= 0.6 is 0 Å². The largest absolute Gasteiger partial charge is 0.237 e. The Morgan fingerprint density at radius 1 is 1.50 bits per heavy atom. The van der Waals surface area contributed by atoms with Crippen LogP contribution < -0.4 is 0 Å². The van der Waals surface area contributed by atoms with Crippen LogP contribution in [0.5, 0.6) is 0 Å². The fraction of sp³-hybridized carbons (Fsp3) is 0.714. The van der Waals surface area contributed by atoms with Crippen LogP contribution in [0.4, 0.5) is 0 Å². The molecule has 0 saturated carbocycles. The second kappa shape index (κ2) is 4.85. The van der Waals surface area contributed by atoms with Crippen molar-refractivity contribution in [2.24, 2.45) is 0 Å². The molecular weight excluding hydrogens is 100 g/mol. The lowest BCUT2D eigenvalue weighted by molar-refractivity contribution is 0.190. The van der Waals surface area contributed by atoms with E-state index in [1.807, 2.05) is 13.8 Å². The first-order valence-corrected chi connectivity index (χ1v) is 2.99. The highest BCUT2D eigenvalue weighted by Gasteiger charge is 1.79. The topological polar surface area (TPSA) is 19.9 Å². The summed E-state index contributed by atoms with van der Waals surface area (Å²) in [6.07, 6.45) is 3.83. The minimum Gasteiger partial charge on any atom is -0.237 e. The van der Waals surface area contributed by atoms with E-state index >= 15 is 0 Å². The van der Waals surface area contributed by atoms with E-state index < -0.39 is 0 Å². The van der Waals surface area contributed by atoms with Gasteiger partial charge in [0.2, 0.25) is 0 Å². The molecule has 0 saturated heterocycles. The van der Waals surface area contributed by atoms with E-state index in [-0.39, 0.29) is 6.61 Å². The van der Waals surface area contributed by atoms with E-state index in [0.717, 1.165) is 12.8 Å². The molecule has 47 valence electrons. The van der Waals surface area contributed by atoms with Crippen LogP contribution in [0.25, 0.3) is 0 Å². The normalized spacial score (nSPS) is 8.88. The van der Waals surface area contributed by atoms with Crippen molar-refractivity contribution in [3.8, 4) is 0 Å². The second-order valence-corrected chi connectivity index (χ2v) is 2.13. The van der Waals surface area contributed by atoms with Crippen molar-refractivity contribution in [1.82, 2.24) is 0 Å². The van der Waals surface area contributed by atoms with Gasteiger partial charge in [-0.25, -0.2) is 5.11 Å². The summed E-state index contributed by atoms with van der Waals surface area (Å²) >= 11 is 0. The number of allylic oxidation sites excluding steroid dienone is 2. The lowest BCUT2D eigenvalue weighted by Crippen LogP contribution is -1.76. The summed E-state index contributed by atoms with van der Waals surface area (Å²) in [4.78, 5) is 0. The highest BCUT2D eigenvalue weighted by atomic mass is 16.2. The molecule has 0 fully saturated rings. The van der Waals surface area contributed by atoms with Crippen LogP contribution in [0, 0.1) is 0 Å². The zero-order valence-corrected chi connectivity index (χ0v) is 5.61. The van der Waals surface area contributed by atoms with Crippen molar-refractivity contribution in [1.29, 1.82) is 0 Å². The zero-order valence-electron chi connectivity index (χ0n) is 5.61. The summed E-state index contributed by atoms with van der Waals surface area (Å²) in [7, 11) is 0. The third kappa shape index (κ3) is 5.70. The van der Waals surface area contributed by atoms with Crippen LogP contribution in [-0.2, 0) is 5.11 Å². The van der Waals surface area contributed by atoms with E-state index in [9.17, 15) is 5.11 Å². The Bertz CT molecular complexity index is 70.5. The second-order valence-electron chi connectivity index (χ2n) is 2.13. The maximum atomic E-state index is 9.88. The molecular formula is C7H13O. The quantitative estimate of drug-likeness (QED) is 0.395. The third-order valence-corrected chi connectivity index (χ3v) is 0.901. The average Bonchev–Trinajstić information content (AvgIpc) is 1.66. The van der Waals surface area contributed by atoms with Crippen molar-refractivity contribution in [2.45, 2.75) is 26.7 Å². The Labute approximate surface area is 51.0 Å². The van der Waals surface area contributed by atoms with E-state index in [0.29, 0.717) is 0 Å². The summed E-state index contributed by atoms with van der Waals surface area (Å²) in [6.45, 7) is 4.15. The summed E-state index contributed by atoms with van der Waals surface area (Å²) in [5.74, 6) is 0. The lowest BCUT2D eigenvalue weighted by Gasteiger charge is -1.87. The molecule has 0 aliphatic rings. The van der Waals surface area contributed by atoms with Gasteiger partial charge in [-0.1, -0.05) is 11.6 Å². The fourth-order valence-electron chi connectivity index (χ4n) is 0.474. The first-order valence-electron chi connectivity index (χ1n) is 2.99. The van der Waals surface area contributed by atoms with E-state index in [1.165, 1.54) is 5.57 Å². The van der Waals surface area contributed by atoms with Crippen LogP contribution in [-0.4, -0.2) is 6.61 Å². The van der Waals surface area contributed by atoms with Crippen LogP contribution in [0.2, 0.25) is 0 Å². The molecule has 0 N–H and O–H groups in total. The molecule has 1 heteroatoms. The van der Waals surface area contributed by atoms with E-state index in [2.05, 4.69) is 6.08 Å². The standard InChI is InChI=1S/C7H13O/c1-7(2)5-3-4-6-8/h5H,3-4,6H2,1-2H3. The maximum absolute atomic E-state index is 9.88. The van der Waals surface area contributed by atoms with Gasteiger partial charge in [0.05, 0.1) is 6.61 Å². The van der Waals surface area contributed by atoms with Crippen molar-refractivity contribution >= 4 is 0 Å². The van der Waals surface area contributed by atoms with Gasteiger partial charge in [-0.2, -0.15) is 0 Å². The third-order valence-electron chi connectivity index (χ3n) is 0.901. The van der Waals surface area contributed by atoms with E-state index in [1.54, 1.807) is 0 Å². The van der Waals surface area contributed by atoms with Gasteiger partial charge < -0.3 is 0 Å². The Hall–Kier alpha value is -0.300. The molecule has 0 bridgehead atoms. The molecule has 0 atom stereocenters. The summed E-state index contributed by atoms with van der Waals surface area (Å²) in [5.41, 5.74) is 1.30. The number of unbranched alkanes of at least 4 members (excludes halogenated alkanes) is 1. The SMILES string of the molecule is CC(C)=CCCC[O]. The predicted molar refractivity (Wildman–Crippen MR) is 34.2 cm³/mol. The molecule has 0 rings (SSSR count). The lowest BCUT2D eigenvalue weighted by atomic mass is 10.2. The average molecular weight is 113 g/mol.